The second-order valence-electron chi connectivity index (χ2n) is 2.71. The van der Waals surface area contributed by atoms with Gasteiger partial charge < -0.3 is 22.7 Å². The molecule has 0 atom stereocenters. The number of hydrogen-bond donors (Lipinski definition) is 1. The Kier molecular flexibility index (Phi) is 16.1. The molecule has 0 unspecified atom stereocenters. The SMILES string of the molecule is Br.CN(C)C(SCCN)=[N+](C)C.[Br-]. The molecule has 0 saturated heterocycles. The Morgan fingerprint density at radius 2 is 1.85 bits per heavy atom. The molecule has 0 rings (SSSR count). The molecule has 0 aliphatic rings. The molecule has 0 aromatic carbocycles. The normalized spacial score (nSPS) is 8.08. The van der Waals surface area contributed by atoms with E-state index < -0.39 is 0 Å². The molecule has 0 amide bonds. The number of hydrogen-bond acceptors (Lipinski definition) is 2. The van der Waals surface area contributed by atoms with Gasteiger partial charge in [-0.3, -0.25) is 9.48 Å². The van der Waals surface area contributed by atoms with Gasteiger partial charge in [0.25, 0.3) is 0 Å². The van der Waals surface area contributed by atoms with Gasteiger partial charge in [-0.15, -0.1) is 17.0 Å². The van der Waals surface area contributed by atoms with Crippen LogP contribution in [0.1, 0.15) is 0 Å². The third kappa shape index (κ3) is 9.05. The summed E-state index contributed by atoms with van der Waals surface area (Å²) < 4.78 is 2.10. The highest BCUT2D eigenvalue weighted by Gasteiger charge is 2.10. The van der Waals surface area contributed by atoms with Gasteiger partial charge >= 0.3 is 5.17 Å². The first-order valence-electron chi connectivity index (χ1n) is 3.64. The van der Waals surface area contributed by atoms with Gasteiger partial charge in [0.2, 0.25) is 0 Å². The van der Waals surface area contributed by atoms with E-state index in [2.05, 4.69) is 9.48 Å². The molecule has 0 bridgehead atoms. The van der Waals surface area contributed by atoms with E-state index in [1.807, 2.05) is 28.2 Å². The van der Waals surface area contributed by atoms with Gasteiger partial charge in [-0.2, -0.15) is 0 Å². The minimum Gasteiger partial charge on any atom is -1.00 e. The summed E-state index contributed by atoms with van der Waals surface area (Å²) >= 11 is 1.78. The lowest BCUT2D eigenvalue weighted by atomic mass is 10.8. The van der Waals surface area contributed by atoms with Crippen molar-refractivity contribution in [1.29, 1.82) is 0 Å². The minimum atomic E-state index is 0. The Balaban J connectivity index is -0.000000500. The summed E-state index contributed by atoms with van der Waals surface area (Å²) in [5.41, 5.74) is 5.41. The molecule has 6 heteroatoms. The number of amidine groups is 1. The molecule has 0 aromatic heterocycles. The van der Waals surface area contributed by atoms with Crippen LogP contribution in [0.5, 0.6) is 0 Å². The zero-order valence-corrected chi connectivity index (χ0v) is 12.7. The van der Waals surface area contributed by atoms with E-state index in [1.165, 1.54) is 5.17 Å². The Morgan fingerprint density at radius 1 is 1.38 bits per heavy atom. The van der Waals surface area contributed by atoms with Crippen LogP contribution in [0.4, 0.5) is 0 Å². The van der Waals surface area contributed by atoms with Gasteiger partial charge in [0.05, 0.1) is 28.2 Å². The molecule has 3 nitrogen and oxygen atoms in total. The highest BCUT2D eigenvalue weighted by molar-refractivity contribution is 8.93. The van der Waals surface area contributed by atoms with E-state index >= 15 is 0 Å². The Bertz CT molecular complexity index is 147. The largest absolute Gasteiger partial charge is 1.00 e. The van der Waals surface area contributed by atoms with Crippen LogP contribution in [-0.4, -0.2) is 55.1 Å². The predicted molar refractivity (Wildman–Crippen MR) is 62.6 cm³/mol. The molecule has 0 aliphatic carbocycles. The van der Waals surface area contributed by atoms with Gasteiger partial charge in [-0.05, 0) is 11.8 Å². The zero-order chi connectivity index (χ0) is 8.85. The molecule has 0 saturated carbocycles. The maximum absolute atomic E-state index is 5.41. The van der Waals surface area contributed by atoms with Crippen molar-refractivity contribution in [3.05, 3.63) is 0 Å². The summed E-state index contributed by atoms with van der Waals surface area (Å²) in [5.74, 6) is 0.978. The molecular formula is C7H19Br2N3S. The topological polar surface area (TPSA) is 32.3 Å². The van der Waals surface area contributed by atoms with Crippen LogP contribution in [0.2, 0.25) is 0 Å². The monoisotopic (exact) mass is 335 g/mol. The van der Waals surface area contributed by atoms with Crippen molar-refractivity contribution >= 4 is 33.9 Å². The lowest BCUT2D eigenvalue weighted by Gasteiger charge is -2.09. The molecule has 0 spiro atoms. The fourth-order valence-electron chi connectivity index (χ4n) is 0.808. The lowest BCUT2D eigenvalue weighted by Crippen LogP contribution is -3.00. The van der Waals surface area contributed by atoms with E-state index in [0.717, 1.165) is 12.3 Å². The van der Waals surface area contributed by atoms with Crippen LogP contribution in [-0.2, 0) is 0 Å². The average Bonchev–Trinajstić information content (AvgIpc) is 1.87. The predicted octanol–water partition coefficient (Wildman–Crippen LogP) is -2.55. The van der Waals surface area contributed by atoms with Gasteiger partial charge in [-0.1, -0.05) is 0 Å². The lowest BCUT2D eigenvalue weighted by molar-refractivity contribution is -0.466. The molecular weight excluding hydrogens is 318 g/mol. The number of rotatable bonds is 2. The van der Waals surface area contributed by atoms with Crippen LogP contribution in [0.3, 0.4) is 0 Å². The summed E-state index contributed by atoms with van der Waals surface area (Å²) in [7, 11) is 8.16. The Morgan fingerprint density at radius 3 is 2.08 bits per heavy atom. The van der Waals surface area contributed by atoms with Gasteiger partial charge in [0, 0.05) is 12.3 Å². The standard InChI is InChI=1S/C7H18N3S.2BrH/c1-9(2)7(10(3)4)11-6-5-8;;/h5-6,8H2,1-4H3;2*1H/q+1;;/p-1. The Labute approximate surface area is 106 Å². The third-order valence-corrected chi connectivity index (χ3v) is 2.54. The minimum absolute atomic E-state index is 0. The fourth-order valence-corrected chi connectivity index (χ4v) is 1.63. The van der Waals surface area contributed by atoms with E-state index in [1.54, 1.807) is 11.8 Å². The molecule has 2 N–H and O–H groups in total. The number of thioether (sulfide) groups is 1. The first-order chi connectivity index (χ1) is 5.09. The second kappa shape index (κ2) is 10.8. The first-order valence-corrected chi connectivity index (χ1v) is 4.62. The van der Waals surface area contributed by atoms with E-state index in [-0.39, 0.29) is 34.0 Å². The van der Waals surface area contributed by atoms with Crippen molar-refractivity contribution in [2.45, 2.75) is 0 Å². The van der Waals surface area contributed by atoms with E-state index in [4.69, 9.17) is 5.73 Å². The van der Waals surface area contributed by atoms with Crippen LogP contribution < -0.4 is 22.7 Å². The molecule has 0 aliphatic heterocycles. The molecule has 13 heavy (non-hydrogen) atoms. The molecule has 82 valence electrons. The van der Waals surface area contributed by atoms with Crippen molar-refractivity contribution in [2.75, 3.05) is 40.5 Å². The summed E-state index contributed by atoms with van der Waals surface area (Å²) in [6.07, 6.45) is 0. The zero-order valence-electron chi connectivity index (χ0n) is 8.58. The van der Waals surface area contributed by atoms with Crippen LogP contribution in [0, 0.1) is 0 Å². The first kappa shape index (κ1) is 19.3. The third-order valence-electron chi connectivity index (χ3n) is 1.11. The van der Waals surface area contributed by atoms with Crippen molar-refractivity contribution < 1.29 is 21.6 Å². The van der Waals surface area contributed by atoms with Crippen LogP contribution >= 0.6 is 28.7 Å². The van der Waals surface area contributed by atoms with Crippen LogP contribution in [0.15, 0.2) is 0 Å². The summed E-state index contributed by atoms with van der Waals surface area (Å²) in [6.45, 7) is 0.732. The van der Waals surface area contributed by atoms with Crippen LogP contribution in [0.25, 0.3) is 0 Å². The van der Waals surface area contributed by atoms with E-state index in [9.17, 15) is 0 Å². The maximum Gasteiger partial charge on any atom is 0.307 e. The summed E-state index contributed by atoms with van der Waals surface area (Å²) in [6, 6.07) is 0. The Hall–Kier alpha value is 0.740. The number of nitrogens with zero attached hydrogens (tertiary/aromatic N) is 2. The smallest absolute Gasteiger partial charge is 0.307 e. The summed E-state index contributed by atoms with van der Waals surface area (Å²) in [5, 5.41) is 1.25. The molecule has 0 radical (unpaired) electrons. The molecule has 0 heterocycles. The van der Waals surface area contributed by atoms with E-state index in [0.29, 0.717) is 0 Å². The second-order valence-corrected chi connectivity index (χ2v) is 3.77. The van der Waals surface area contributed by atoms with Gasteiger partial charge in [0.1, 0.15) is 0 Å². The maximum atomic E-state index is 5.41. The van der Waals surface area contributed by atoms with Gasteiger partial charge in [-0.25, -0.2) is 0 Å². The van der Waals surface area contributed by atoms with Gasteiger partial charge in [0.15, 0.2) is 0 Å². The van der Waals surface area contributed by atoms with Crippen molar-refractivity contribution in [3.8, 4) is 0 Å². The molecule has 0 aromatic rings. The fraction of sp³-hybridized carbons (Fsp3) is 0.857. The quantitative estimate of drug-likeness (QED) is 0.342. The number of nitrogens with two attached hydrogens (primary N) is 1. The average molecular weight is 337 g/mol. The molecule has 0 fully saturated rings. The summed E-state index contributed by atoms with van der Waals surface area (Å²) in [4.78, 5) is 2.10. The number of halogens is 2. The van der Waals surface area contributed by atoms with Crippen molar-refractivity contribution in [3.63, 3.8) is 0 Å². The highest BCUT2D eigenvalue weighted by Crippen LogP contribution is 2.03. The highest BCUT2D eigenvalue weighted by atomic mass is 79.9. The van der Waals surface area contributed by atoms with Crippen molar-refractivity contribution in [1.82, 2.24) is 4.90 Å². The van der Waals surface area contributed by atoms with Crippen molar-refractivity contribution in [2.24, 2.45) is 5.73 Å².